The summed E-state index contributed by atoms with van der Waals surface area (Å²) in [5, 5.41) is 23.5. The number of hydrazone groups is 1. The van der Waals surface area contributed by atoms with Gasteiger partial charge in [-0.3, -0.25) is 4.79 Å². The van der Waals surface area contributed by atoms with Gasteiger partial charge < -0.3 is 14.9 Å². The summed E-state index contributed by atoms with van der Waals surface area (Å²) in [4.78, 5) is 11.8. The monoisotopic (exact) mass is 348 g/mol. The summed E-state index contributed by atoms with van der Waals surface area (Å²) in [5.74, 6) is -0.0951. The number of phenolic OH excluding ortho intramolecular Hbond substituents is 2. The van der Waals surface area contributed by atoms with Crippen molar-refractivity contribution in [3.8, 4) is 17.2 Å². The lowest BCUT2D eigenvalue weighted by Crippen LogP contribution is -2.25. The van der Waals surface area contributed by atoms with Crippen LogP contribution in [0.2, 0.25) is 5.02 Å². The van der Waals surface area contributed by atoms with Crippen LogP contribution in [0.5, 0.6) is 17.2 Å². The van der Waals surface area contributed by atoms with E-state index in [0.717, 1.165) is 5.56 Å². The predicted molar refractivity (Wildman–Crippen MR) is 91.8 cm³/mol. The third-order valence-electron chi connectivity index (χ3n) is 3.22. The molecule has 7 heteroatoms. The Kier molecular flexibility index (Phi) is 5.65. The van der Waals surface area contributed by atoms with Gasteiger partial charge in [0.25, 0.3) is 5.91 Å². The molecule has 126 valence electrons. The molecule has 0 radical (unpaired) electrons. The van der Waals surface area contributed by atoms with Crippen molar-refractivity contribution >= 4 is 23.2 Å². The minimum Gasteiger partial charge on any atom is -0.508 e. The smallest absolute Gasteiger partial charge is 0.277 e. The third kappa shape index (κ3) is 4.63. The molecule has 0 heterocycles. The standard InChI is InChI=1S/C17H17ClN2O4/c1-10-7-13(4-6-15(10)18)24-9-17(23)20-19-11(2)14-5-3-12(21)8-16(14)22/h3-8,21-22H,9H2,1-2H3,(H,20,23)/b19-11-. The highest BCUT2D eigenvalue weighted by Gasteiger charge is 2.07. The highest BCUT2D eigenvalue weighted by molar-refractivity contribution is 6.31. The van der Waals surface area contributed by atoms with Crippen LogP contribution < -0.4 is 10.2 Å². The van der Waals surface area contributed by atoms with Gasteiger partial charge in [-0.25, -0.2) is 5.43 Å². The number of phenols is 2. The SMILES string of the molecule is C/C(=N/NC(=O)COc1ccc(Cl)c(C)c1)c1ccc(O)cc1O. The van der Waals surface area contributed by atoms with Gasteiger partial charge in [0, 0.05) is 16.7 Å². The fourth-order valence-corrected chi connectivity index (χ4v) is 2.04. The first kappa shape index (κ1) is 17.6. The van der Waals surface area contributed by atoms with Crippen LogP contribution in [0.25, 0.3) is 0 Å². The minimum absolute atomic E-state index is 0.0558. The van der Waals surface area contributed by atoms with Crippen LogP contribution >= 0.6 is 11.6 Å². The molecule has 0 spiro atoms. The number of hydrogen-bond acceptors (Lipinski definition) is 5. The number of aromatic hydroxyl groups is 2. The van der Waals surface area contributed by atoms with E-state index < -0.39 is 5.91 Å². The number of rotatable bonds is 5. The maximum absolute atomic E-state index is 11.8. The fourth-order valence-electron chi connectivity index (χ4n) is 1.92. The van der Waals surface area contributed by atoms with Gasteiger partial charge in [0.2, 0.25) is 0 Å². The van der Waals surface area contributed by atoms with Crippen molar-refractivity contribution in [2.24, 2.45) is 5.10 Å². The van der Waals surface area contributed by atoms with Gasteiger partial charge in [-0.1, -0.05) is 11.6 Å². The summed E-state index contributed by atoms with van der Waals surface area (Å²) in [6, 6.07) is 9.22. The largest absolute Gasteiger partial charge is 0.508 e. The first-order valence-corrected chi connectivity index (χ1v) is 7.49. The van der Waals surface area contributed by atoms with E-state index in [1.54, 1.807) is 25.1 Å². The quantitative estimate of drug-likeness (QED) is 0.572. The molecule has 0 aliphatic rings. The molecule has 0 bridgehead atoms. The van der Waals surface area contributed by atoms with Gasteiger partial charge in [-0.15, -0.1) is 0 Å². The number of nitrogens with zero attached hydrogens (tertiary/aromatic N) is 1. The van der Waals surface area contributed by atoms with Crippen molar-refractivity contribution in [2.75, 3.05) is 6.61 Å². The summed E-state index contributed by atoms with van der Waals surface area (Å²) < 4.78 is 5.36. The number of ether oxygens (including phenoxy) is 1. The predicted octanol–water partition coefficient (Wildman–Crippen LogP) is 2.98. The van der Waals surface area contributed by atoms with Crippen LogP contribution in [-0.4, -0.2) is 28.4 Å². The topological polar surface area (TPSA) is 91.2 Å². The molecule has 2 aromatic carbocycles. The van der Waals surface area contributed by atoms with Crippen LogP contribution in [0.15, 0.2) is 41.5 Å². The van der Waals surface area contributed by atoms with Crippen molar-refractivity contribution in [1.29, 1.82) is 0 Å². The zero-order chi connectivity index (χ0) is 17.7. The van der Waals surface area contributed by atoms with Crippen LogP contribution in [0, 0.1) is 6.92 Å². The molecule has 24 heavy (non-hydrogen) atoms. The molecule has 0 aliphatic heterocycles. The average Bonchev–Trinajstić information content (AvgIpc) is 2.53. The Morgan fingerprint density at radius 1 is 1.25 bits per heavy atom. The Bertz CT molecular complexity index is 790. The molecule has 1 amide bonds. The first-order valence-electron chi connectivity index (χ1n) is 7.11. The second-order valence-corrected chi connectivity index (χ2v) is 5.54. The fraction of sp³-hybridized carbons (Fsp3) is 0.176. The van der Waals surface area contributed by atoms with Gasteiger partial charge >= 0.3 is 0 Å². The Morgan fingerprint density at radius 2 is 2.00 bits per heavy atom. The van der Waals surface area contributed by atoms with E-state index in [2.05, 4.69) is 10.5 Å². The van der Waals surface area contributed by atoms with E-state index in [4.69, 9.17) is 16.3 Å². The van der Waals surface area contributed by atoms with Crippen molar-refractivity contribution in [3.05, 3.63) is 52.5 Å². The highest BCUT2D eigenvalue weighted by Crippen LogP contribution is 2.23. The Labute approximate surface area is 144 Å². The lowest BCUT2D eigenvalue weighted by atomic mass is 10.1. The minimum atomic E-state index is -0.444. The lowest BCUT2D eigenvalue weighted by Gasteiger charge is -2.08. The first-order chi connectivity index (χ1) is 11.4. The zero-order valence-corrected chi connectivity index (χ0v) is 14.0. The lowest BCUT2D eigenvalue weighted by molar-refractivity contribution is -0.123. The molecule has 0 unspecified atom stereocenters. The Balaban J connectivity index is 1.93. The van der Waals surface area contributed by atoms with Crippen molar-refractivity contribution < 1.29 is 19.7 Å². The molecule has 3 N–H and O–H groups in total. The van der Waals surface area contributed by atoms with E-state index in [9.17, 15) is 15.0 Å². The van der Waals surface area contributed by atoms with Crippen LogP contribution in [0.3, 0.4) is 0 Å². The van der Waals surface area contributed by atoms with Crippen molar-refractivity contribution in [3.63, 3.8) is 0 Å². The van der Waals surface area contributed by atoms with Gasteiger partial charge in [0.05, 0.1) is 5.71 Å². The molecule has 0 fully saturated rings. The Morgan fingerprint density at radius 3 is 2.67 bits per heavy atom. The zero-order valence-electron chi connectivity index (χ0n) is 13.2. The Hall–Kier alpha value is -2.73. The number of benzene rings is 2. The summed E-state index contributed by atoms with van der Waals surface area (Å²) in [7, 11) is 0. The second-order valence-electron chi connectivity index (χ2n) is 5.13. The number of amides is 1. The van der Waals surface area contributed by atoms with E-state index in [-0.39, 0.29) is 18.1 Å². The molecule has 0 atom stereocenters. The summed E-state index contributed by atoms with van der Waals surface area (Å²) in [6.45, 7) is 3.25. The van der Waals surface area contributed by atoms with E-state index in [0.29, 0.717) is 22.0 Å². The van der Waals surface area contributed by atoms with Crippen molar-refractivity contribution in [1.82, 2.24) is 5.43 Å². The molecule has 0 saturated carbocycles. The molecule has 6 nitrogen and oxygen atoms in total. The number of halogens is 1. The number of nitrogens with one attached hydrogen (secondary N) is 1. The number of carbonyl (C=O) groups is 1. The van der Waals surface area contributed by atoms with Gasteiger partial charge in [0.15, 0.2) is 6.61 Å². The molecular weight excluding hydrogens is 332 g/mol. The molecule has 2 aromatic rings. The molecule has 0 saturated heterocycles. The normalized spacial score (nSPS) is 11.2. The summed E-state index contributed by atoms with van der Waals surface area (Å²) in [5.41, 5.74) is 3.99. The third-order valence-corrected chi connectivity index (χ3v) is 3.64. The van der Waals surface area contributed by atoms with Crippen LogP contribution in [0.4, 0.5) is 0 Å². The number of carbonyl (C=O) groups excluding carboxylic acids is 1. The maximum Gasteiger partial charge on any atom is 0.277 e. The van der Waals surface area contributed by atoms with Gasteiger partial charge in [-0.05, 0) is 49.7 Å². The highest BCUT2D eigenvalue weighted by atomic mass is 35.5. The van der Waals surface area contributed by atoms with Crippen molar-refractivity contribution in [2.45, 2.75) is 13.8 Å². The van der Waals surface area contributed by atoms with Gasteiger partial charge in [0.1, 0.15) is 17.2 Å². The van der Waals surface area contributed by atoms with E-state index in [1.165, 1.54) is 18.2 Å². The van der Waals surface area contributed by atoms with Gasteiger partial charge in [-0.2, -0.15) is 5.10 Å². The van der Waals surface area contributed by atoms with E-state index in [1.807, 2.05) is 6.92 Å². The molecule has 0 aromatic heterocycles. The number of hydrogen-bond donors (Lipinski definition) is 3. The number of aryl methyl sites for hydroxylation is 1. The second kappa shape index (κ2) is 7.70. The maximum atomic E-state index is 11.8. The molecular formula is C17H17ClN2O4. The van der Waals surface area contributed by atoms with Crippen LogP contribution in [-0.2, 0) is 4.79 Å². The molecule has 2 rings (SSSR count). The summed E-state index contributed by atoms with van der Waals surface area (Å²) in [6.07, 6.45) is 0. The summed E-state index contributed by atoms with van der Waals surface area (Å²) >= 11 is 5.92. The average molecular weight is 349 g/mol. The van der Waals surface area contributed by atoms with E-state index >= 15 is 0 Å². The molecule has 0 aliphatic carbocycles. The van der Waals surface area contributed by atoms with Crippen LogP contribution in [0.1, 0.15) is 18.1 Å².